The van der Waals surface area contributed by atoms with Crippen LogP contribution in [0.5, 0.6) is 0 Å². The van der Waals surface area contributed by atoms with Crippen molar-refractivity contribution in [2.45, 2.75) is 78.5 Å². The lowest BCUT2D eigenvalue weighted by Crippen LogP contribution is -2.54. The zero-order valence-corrected chi connectivity index (χ0v) is 16.2. The highest BCUT2D eigenvalue weighted by Gasteiger charge is 2.33. The fourth-order valence-corrected chi connectivity index (χ4v) is 2.88. The Bertz CT molecular complexity index is 432. The highest BCUT2D eigenvalue weighted by molar-refractivity contribution is 5.82. The Morgan fingerprint density at radius 1 is 1.29 bits per heavy atom. The van der Waals surface area contributed by atoms with Crippen molar-refractivity contribution >= 4 is 12.0 Å². The standard InChI is InChI=1S/C18H35N3O3/c1-7-20(16(22)15(19)13(2)3)12-14-10-8-9-11-21(14)17(23)24-18(4,5)6/h13-15H,7-12,19H2,1-6H3/t14-,15+/m1/s1. The van der Waals surface area contributed by atoms with E-state index in [4.69, 9.17) is 10.5 Å². The van der Waals surface area contributed by atoms with Crippen LogP contribution in [-0.4, -0.2) is 59.1 Å². The summed E-state index contributed by atoms with van der Waals surface area (Å²) in [6.45, 7) is 13.3. The van der Waals surface area contributed by atoms with Gasteiger partial charge in [0.1, 0.15) is 5.60 Å². The van der Waals surface area contributed by atoms with Crippen molar-refractivity contribution in [2.24, 2.45) is 11.7 Å². The zero-order valence-electron chi connectivity index (χ0n) is 16.2. The summed E-state index contributed by atoms with van der Waals surface area (Å²) in [6.07, 6.45) is 2.64. The molecule has 2 amide bonds. The van der Waals surface area contributed by atoms with Crippen LogP contribution >= 0.6 is 0 Å². The van der Waals surface area contributed by atoms with Gasteiger partial charge in [0.25, 0.3) is 0 Å². The number of hydrogen-bond donors (Lipinski definition) is 1. The van der Waals surface area contributed by atoms with Gasteiger partial charge in [0.15, 0.2) is 0 Å². The summed E-state index contributed by atoms with van der Waals surface area (Å²) >= 11 is 0. The maximum atomic E-state index is 12.6. The molecule has 2 N–H and O–H groups in total. The molecule has 1 aliphatic heterocycles. The normalized spacial score (nSPS) is 20.0. The van der Waals surface area contributed by atoms with Gasteiger partial charge in [-0.2, -0.15) is 0 Å². The minimum atomic E-state index is -0.515. The van der Waals surface area contributed by atoms with E-state index in [-0.39, 0.29) is 24.0 Å². The Morgan fingerprint density at radius 3 is 2.42 bits per heavy atom. The maximum absolute atomic E-state index is 12.6. The fraction of sp³-hybridized carbons (Fsp3) is 0.889. The van der Waals surface area contributed by atoms with Gasteiger partial charge < -0.3 is 20.3 Å². The summed E-state index contributed by atoms with van der Waals surface area (Å²) in [5.41, 5.74) is 5.51. The van der Waals surface area contributed by atoms with Crippen LogP contribution in [0.15, 0.2) is 0 Å². The van der Waals surface area contributed by atoms with Gasteiger partial charge in [-0.05, 0) is 52.9 Å². The molecule has 0 saturated carbocycles. The second kappa shape index (κ2) is 8.70. The van der Waals surface area contributed by atoms with E-state index in [1.165, 1.54) is 0 Å². The lowest BCUT2D eigenvalue weighted by Gasteiger charge is -2.39. The highest BCUT2D eigenvalue weighted by Crippen LogP contribution is 2.21. The molecular weight excluding hydrogens is 306 g/mol. The first-order valence-electron chi connectivity index (χ1n) is 9.10. The molecule has 140 valence electrons. The molecule has 0 radical (unpaired) electrons. The predicted molar refractivity (Wildman–Crippen MR) is 95.6 cm³/mol. The Morgan fingerprint density at radius 2 is 1.92 bits per heavy atom. The molecule has 0 aromatic heterocycles. The fourth-order valence-electron chi connectivity index (χ4n) is 2.88. The van der Waals surface area contributed by atoms with Crippen LogP contribution in [0, 0.1) is 5.92 Å². The first kappa shape index (κ1) is 20.7. The quantitative estimate of drug-likeness (QED) is 0.834. The van der Waals surface area contributed by atoms with E-state index in [0.29, 0.717) is 19.6 Å². The molecule has 6 nitrogen and oxygen atoms in total. The first-order valence-corrected chi connectivity index (χ1v) is 9.10. The Balaban J connectivity index is 2.80. The molecule has 1 aliphatic rings. The summed E-state index contributed by atoms with van der Waals surface area (Å²) in [7, 11) is 0. The second-order valence-electron chi connectivity index (χ2n) is 7.97. The van der Waals surface area contributed by atoms with Crippen LogP contribution in [0.1, 0.15) is 60.8 Å². The van der Waals surface area contributed by atoms with Crippen LogP contribution in [0.2, 0.25) is 0 Å². The van der Waals surface area contributed by atoms with Gasteiger partial charge in [0, 0.05) is 19.6 Å². The third kappa shape index (κ3) is 5.96. The smallest absolute Gasteiger partial charge is 0.410 e. The van der Waals surface area contributed by atoms with Gasteiger partial charge in [-0.15, -0.1) is 0 Å². The van der Waals surface area contributed by atoms with Crippen LogP contribution in [0.4, 0.5) is 4.79 Å². The van der Waals surface area contributed by atoms with Crippen molar-refractivity contribution in [1.82, 2.24) is 9.80 Å². The summed E-state index contributed by atoms with van der Waals surface area (Å²) < 4.78 is 5.53. The molecule has 0 aromatic rings. The molecule has 1 rings (SSSR count). The number of carbonyl (C=O) groups is 2. The van der Waals surface area contributed by atoms with Crippen molar-refractivity contribution in [1.29, 1.82) is 0 Å². The minimum absolute atomic E-state index is 0.00291. The average Bonchev–Trinajstić information content (AvgIpc) is 2.49. The number of ether oxygens (including phenoxy) is 1. The third-order valence-corrected chi connectivity index (χ3v) is 4.38. The van der Waals surface area contributed by atoms with Crippen molar-refractivity contribution in [2.75, 3.05) is 19.6 Å². The molecule has 0 aromatic carbocycles. The van der Waals surface area contributed by atoms with Crippen LogP contribution in [0.25, 0.3) is 0 Å². The average molecular weight is 341 g/mol. The van der Waals surface area contributed by atoms with Crippen LogP contribution in [0.3, 0.4) is 0 Å². The van der Waals surface area contributed by atoms with Gasteiger partial charge in [-0.3, -0.25) is 4.79 Å². The van der Waals surface area contributed by atoms with Crippen molar-refractivity contribution < 1.29 is 14.3 Å². The number of carbonyl (C=O) groups excluding carboxylic acids is 2. The molecule has 0 unspecified atom stereocenters. The molecule has 24 heavy (non-hydrogen) atoms. The second-order valence-corrected chi connectivity index (χ2v) is 7.97. The molecule has 2 atom stereocenters. The van der Waals surface area contributed by atoms with E-state index in [1.54, 1.807) is 9.80 Å². The number of amides is 2. The van der Waals surface area contributed by atoms with Gasteiger partial charge in [-0.1, -0.05) is 13.8 Å². The molecule has 0 aliphatic carbocycles. The molecule has 0 spiro atoms. The van der Waals surface area contributed by atoms with E-state index in [9.17, 15) is 9.59 Å². The summed E-state index contributed by atoms with van der Waals surface area (Å²) in [4.78, 5) is 28.6. The number of hydrogen-bond acceptors (Lipinski definition) is 4. The van der Waals surface area contributed by atoms with Crippen LogP contribution in [-0.2, 0) is 9.53 Å². The number of likely N-dealkylation sites (tertiary alicyclic amines) is 1. The number of nitrogens with zero attached hydrogens (tertiary/aromatic N) is 2. The minimum Gasteiger partial charge on any atom is -0.444 e. The number of nitrogens with two attached hydrogens (primary N) is 1. The topological polar surface area (TPSA) is 75.9 Å². The van der Waals surface area contributed by atoms with Gasteiger partial charge in [0.2, 0.25) is 5.91 Å². The monoisotopic (exact) mass is 341 g/mol. The third-order valence-electron chi connectivity index (χ3n) is 4.38. The largest absolute Gasteiger partial charge is 0.444 e. The van der Waals surface area contributed by atoms with E-state index in [1.807, 2.05) is 41.5 Å². The Labute approximate surface area is 146 Å². The Kier molecular flexibility index (Phi) is 7.52. The molecule has 6 heteroatoms. The zero-order chi connectivity index (χ0) is 18.5. The van der Waals surface area contributed by atoms with Crippen molar-refractivity contribution in [3.05, 3.63) is 0 Å². The number of rotatable bonds is 5. The van der Waals surface area contributed by atoms with E-state index in [0.717, 1.165) is 19.3 Å². The van der Waals surface area contributed by atoms with Gasteiger partial charge in [-0.25, -0.2) is 4.79 Å². The predicted octanol–water partition coefficient (Wildman–Crippen LogP) is 2.61. The molecular formula is C18H35N3O3. The lowest BCUT2D eigenvalue weighted by molar-refractivity contribution is -0.134. The lowest BCUT2D eigenvalue weighted by atomic mass is 10.0. The Hall–Kier alpha value is -1.30. The SMILES string of the molecule is CCN(C[C@H]1CCCCN1C(=O)OC(C)(C)C)C(=O)[C@@H](N)C(C)C. The number of likely N-dealkylation sites (N-methyl/N-ethyl adjacent to an activating group) is 1. The molecule has 1 heterocycles. The molecule has 0 bridgehead atoms. The first-order chi connectivity index (χ1) is 11.1. The van der Waals surface area contributed by atoms with Gasteiger partial charge >= 0.3 is 6.09 Å². The van der Waals surface area contributed by atoms with Crippen LogP contribution < -0.4 is 5.73 Å². The molecule has 1 fully saturated rings. The van der Waals surface area contributed by atoms with Crippen molar-refractivity contribution in [3.63, 3.8) is 0 Å². The van der Waals surface area contributed by atoms with E-state index < -0.39 is 11.6 Å². The number of piperidine rings is 1. The summed E-state index contributed by atoms with van der Waals surface area (Å²) in [5, 5.41) is 0. The van der Waals surface area contributed by atoms with Gasteiger partial charge in [0.05, 0.1) is 12.1 Å². The molecule has 1 saturated heterocycles. The summed E-state index contributed by atoms with van der Waals surface area (Å²) in [6, 6.07) is -0.500. The maximum Gasteiger partial charge on any atom is 0.410 e. The van der Waals surface area contributed by atoms with E-state index in [2.05, 4.69) is 0 Å². The van der Waals surface area contributed by atoms with E-state index >= 15 is 0 Å². The van der Waals surface area contributed by atoms with Crippen molar-refractivity contribution in [3.8, 4) is 0 Å². The summed E-state index contributed by atoms with van der Waals surface area (Å²) in [5.74, 6) is 0.0575. The highest BCUT2D eigenvalue weighted by atomic mass is 16.6.